The minimum atomic E-state index is 0.0220. The lowest BCUT2D eigenvalue weighted by Gasteiger charge is -2.07. The Morgan fingerprint density at radius 3 is 2.82 bits per heavy atom. The monoisotopic (exact) mass is 289 g/mol. The van der Waals surface area contributed by atoms with Gasteiger partial charge in [0, 0.05) is 28.9 Å². The third kappa shape index (κ3) is 1.80. The fraction of sp³-hybridized carbons (Fsp3) is 0.167. The summed E-state index contributed by atoms with van der Waals surface area (Å²) in [7, 11) is 0. The fourth-order valence-electron chi connectivity index (χ4n) is 2.94. The van der Waals surface area contributed by atoms with Crippen molar-refractivity contribution in [1.29, 1.82) is 0 Å². The Morgan fingerprint density at radius 1 is 1.18 bits per heavy atom. The molecular weight excluding hydrogens is 274 g/mol. The first-order chi connectivity index (χ1) is 10.8. The standard InChI is InChI=1S/C18H15N3O/c1-2-8-19-14-10-11-7-9-20-17-15(11)16(21-14)12-5-3-4-6-13(12)18(17)22/h3-7,9-10,20H,2,8H2,1H3. The van der Waals surface area contributed by atoms with Gasteiger partial charge in [0.2, 0.25) is 5.43 Å². The molecule has 2 aromatic carbocycles. The summed E-state index contributed by atoms with van der Waals surface area (Å²) in [6, 6.07) is 11.5. The summed E-state index contributed by atoms with van der Waals surface area (Å²) in [6.07, 6.45) is 2.79. The van der Waals surface area contributed by atoms with E-state index >= 15 is 0 Å². The van der Waals surface area contributed by atoms with Crippen LogP contribution in [0.3, 0.4) is 0 Å². The van der Waals surface area contributed by atoms with Gasteiger partial charge in [0.15, 0.2) is 0 Å². The van der Waals surface area contributed by atoms with Gasteiger partial charge in [0.05, 0.1) is 11.0 Å². The van der Waals surface area contributed by atoms with Gasteiger partial charge in [-0.15, -0.1) is 0 Å². The van der Waals surface area contributed by atoms with E-state index in [-0.39, 0.29) is 5.43 Å². The first-order valence-corrected chi connectivity index (χ1v) is 7.46. The van der Waals surface area contributed by atoms with Gasteiger partial charge in [0.1, 0.15) is 5.49 Å². The zero-order valence-electron chi connectivity index (χ0n) is 12.3. The smallest absolute Gasteiger partial charge is 0.210 e. The molecule has 0 unspecified atom stereocenters. The van der Waals surface area contributed by atoms with Crippen LogP contribution in [0.2, 0.25) is 0 Å². The summed E-state index contributed by atoms with van der Waals surface area (Å²) in [5, 5.41) is 3.47. The topological polar surface area (TPSA) is 58.1 Å². The molecular formula is C18H15N3O. The van der Waals surface area contributed by atoms with Gasteiger partial charge < -0.3 is 4.98 Å². The van der Waals surface area contributed by atoms with Gasteiger partial charge in [0.25, 0.3) is 0 Å². The minimum absolute atomic E-state index is 0.0220. The van der Waals surface area contributed by atoms with Crippen LogP contribution in [0.15, 0.2) is 52.4 Å². The van der Waals surface area contributed by atoms with Crippen LogP contribution in [0.5, 0.6) is 0 Å². The molecule has 0 amide bonds. The van der Waals surface area contributed by atoms with Crippen molar-refractivity contribution < 1.29 is 0 Å². The van der Waals surface area contributed by atoms with Crippen LogP contribution in [0.25, 0.3) is 32.6 Å². The van der Waals surface area contributed by atoms with Crippen LogP contribution < -0.4 is 10.9 Å². The number of nitrogens with zero attached hydrogens (tertiary/aromatic N) is 2. The zero-order valence-corrected chi connectivity index (χ0v) is 12.3. The van der Waals surface area contributed by atoms with Gasteiger partial charge in [-0.2, -0.15) is 0 Å². The van der Waals surface area contributed by atoms with E-state index in [4.69, 9.17) is 4.98 Å². The number of aromatic amines is 1. The maximum absolute atomic E-state index is 12.7. The molecule has 0 atom stereocenters. The molecule has 0 aliphatic rings. The second-order valence-electron chi connectivity index (χ2n) is 5.40. The average molecular weight is 289 g/mol. The second-order valence-corrected chi connectivity index (χ2v) is 5.40. The van der Waals surface area contributed by atoms with Crippen molar-refractivity contribution >= 4 is 32.6 Å². The van der Waals surface area contributed by atoms with Crippen molar-refractivity contribution in [2.24, 2.45) is 4.99 Å². The highest BCUT2D eigenvalue weighted by molar-refractivity contribution is 6.18. The van der Waals surface area contributed by atoms with Crippen molar-refractivity contribution in [2.45, 2.75) is 13.3 Å². The van der Waals surface area contributed by atoms with Gasteiger partial charge in [-0.25, -0.2) is 4.98 Å². The average Bonchev–Trinajstić information content (AvgIpc) is 2.57. The van der Waals surface area contributed by atoms with Crippen molar-refractivity contribution in [2.75, 3.05) is 6.54 Å². The first kappa shape index (κ1) is 13.0. The van der Waals surface area contributed by atoms with E-state index in [1.807, 2.05) is 36.4 Å². The van der Waals surface area contributed by atoms with Crippen molar-refractivity contribution in [3.05, 3.63) is 58.3 Å². The number of benzene rings is 2. The van der Waals surface area contributed by atoms with Crippen LogP contribution in [0.4, 0.5) is 0 Å². The highest BCUT2D eigenvalue weighted by Crippen LogP contribution is 2.26. The molecule has 4 aromatic rings. The van der Waals surface area contributed by atoms with Crippen molar-refractivity contribution in [1.82, 2.24) is 9.97 Å². The van der Waals surface area contributed by atoms with Crippen LogP contribution in [-0.4, -0.2) is 16.5 Å². The number of H-pyrrole nitrogens is 1. The van der Waals surface area contributed by atoms with E-state index in [9.17, 15) is 4.79 Å². The molecule has 0 radical (unpaired) electrons. The van der Waals surface area contributed by atoms with Crippen molar-refractivity contribution in [3.63, 3.8) is 0 Å². The highest BCUT2D eigenvalue weighted by atomic mass is 16.1. The molecule has 0 fully saturated rings. The predicted octanol–water partition coefficient (Wildman–Crippen LogP) is 2.98. The van der Waals surface area contributed by atoms with Crippen LogP contribution in [0.1, 0.15) is 13.3 Å². The molecule has 0 aliphatic carbocycles. The largest absolute Gasteiger partial charge is 0.358 e. The number of hydrogen-bond acceptors (Lipinski definition) is 3. The van der Waals surface area contributed by atoms with Gasteiger partial charge >= 0.3 is 0 Å². The van der Waals surface area contributed by atoms with Gasteiger partial charge in [-0.1, -0.05) is 31.2 Å². The maximum Gasteiger partial charge on any atom is 0.210 e. The van der Waals surface area contributed by atoms with Crippen LogP contribution >= 0.6 is 0 Å². The lowest BCUT2D eigenvalue weighted by Crippen LogP contribution is -2.12. The Labute approximate surface area is 126 Å². The molecule has 0 spiro atoms. The molecule has 22 heavy (non-hydrogen) atoms. The van der Waals surface area contributed by atoms with E-state index in [0.717, 1.165) is 40.1 Å². The van der Waals surface area contributed by atoms with Gasteiger partial charge in [-0.05, 0) is 23.9 Å². The molecule has 108 valence electrons. The Hall–Kier alpha value is -2.75. The van der Waals surface area contributed by atoms with Crippen LogP contribution in [0, 0.1) is 0 Å². The third-order valence-electron chi connectivity index (χ3n) is 3.93. The molecule has 0 saturated heterocycles. The molecule has 0 saturated carbocycles. The second kappa shape index (κ2) is 4.91. The molecule has 2 heterocycles. The number of rotatable bonds is 2. The molecule has 0 bridgehead atoms. The normalized spacial score (nSPS) is 12.7. The van der Waals surface area contributed by atoms with Crippen molar-refractivity contribution in [3.8, 4) is 0 Å². The SMILES string of the molecule is CCCN=c1cc2cc[nH]c3c(=O)c4ccccc4c(n1)c23. The van der Waals surface area contributed by atoms with Crippen LogP contribution in [-0.2, 0) is 0 Å². The third-order valence-corrected chi connectivity index (χ3v) is 3.93. The minimum Gasteiger partial charge on any atom is -0.358 e. The summed E-state index contributed by atoms with van der Waals surface area (Å²) in [5.74, 6) is 0. The molecule has 1 N–H and O–H groups in total. The lowest BCUT2D eigenvalue weighted by molar-refractivity contribution is 0.889. The maximum atomic E-state index is 12.7. The van der Waals surface area contributed by atoms with Gasteiger partial charge in [-0.3, -0.25) is 9.79 Å². The fourth-order valence-corrected chi connectivity index (χ4v) is 2.94. The van der Waals surface area contributed by atoms with E-state index in [1.165, 1.54) is 0 Å². The Bertz CT molecular complexity index is 1110. The molecule has 0 aliphatic heterocycles. The van der Waals surface area contributed by atoms with E-state index in [2.05, 4.69) is 16.9 Å². The molecule has 4 rings (SSSR count). The lowest BCUT2D eigenvalue weighted by atomic mass is 10.0. The molecule has 2 aromatic heterocycles. The Balaban J connectivity index is 2.31. The quantitative estimate of drug-likeness (QED) is 0.455. The predicted molar refractivity (Wildman–Crippen MR) is 89.3 cm³/mol. The first-order valence-electron chi connectivity index (χ1n) is 7.46. The summed E-state index contributed by atoms with van der Waals surface area (Å²) in [4.78, 5) is 25.0. The molecule has 4 nitrogen and oxygen atoms in total. The Kier molecular flexibility index (Phi) is 2.89. The summed E-state index contributed by atoms with van der Waals surface area (Å²) < 4.78 is 0. The summed E-state index contributed by atoms with van der Waals surface area (Å²) in [5.41, 5.74) is 2.20. The number of pyridine rings is 2. The van der Waals surface area contributed by atoms with E-state index in [1.54, 1.807) is 6.20 Å². The number of aromatic nitrogens is 2. The molecule has 4 heteroatoms. The highest BCUT2D eigenvalue weighted by Gasteiger charge is 2.12. The zero-order chi connectivity index (χ0) is 15.1. The number of fused-ring (bicyclic) bond motifs is 2. The summed E-state index contributed by atoms with van der Waals surface area (Å²) in [6.45, 7) is 2.85. The number of hydrogen-bond donors (Lipinski definition) is 1. The summed E-state index contributed by atoms with van der Waals surface area (Å²) >= 11 is 0. The Morgan fingerprint density at radius 2 is 2.00 bits per heavy atom. The van der Waals surface area contributed by atoms with E-state index in [0.29, 0.717) is 10.9 Å². The number of nitrogens with one attached hydrogen (secondary N) is 1. The van der Waals surface area contributed by atoms with E-state index < -0.39 is 0 Å².